The highest BCUT2D eigenvalue weighted by Gasteiger charge is 2.85. The predicted octanol–water partition coefficient (Wildman–Crippen LogP) is 0.188. The quantitative estimate of drug-likeness (QED) is 0.398. The third kappa shape index (κ3) is 1.43. The van der Waals surface area contributed by atoms with Gasteiger partial charge in [-0.15, -0.1) is 0 Å². The van der Waals surface area contributed by atoms with Crippen molar-refractivity contribution in [2.24, 2.45) is 5.41 Å². The van der Waals surface area contributed by atoms with Crippen LogP contribution in [0.2, 0.25) is 0 Å². The maximum atomic E-state index is 11.8. The van der Waals surface area contributed by atoms with E-state index < -0.39 is 28.9 Å². The van der Waals surface area contributed by atoms with E-state index in [0.29, 0.717) is 0 Å². The van der Waals surface area contributed by atoms with Gasteiger partial charge in [0, 0.05) is 6.42 Å². The normalized spacial score (nSPS) is 28.0. The lowest BCUT2D eigenvalue weighted by Gasteiger charge is -2.29. The highest BCUT2D eigenvalue weighted by molar-refractivity contribution is 6.08. The molecule has 1 saturated carbocycles. The van der Waals surface area contributed by atoms with Crippen LogP contribution in [0.25, 0.3) is 0 Å². The summed E-state index contributed by atoms with van der Waals surface area (Å²) >= 11 is 0. The average Bonchev–Trinajstić information content (AvgIpc) is 2.90. The van der Waals surface area contributed by atoms with Crippen molar-refractivity contribution in [3.63, 3.8) is 0 Å². The van der Waals surface area contributed by atoms with Crippen LogP contribution in [0.4, 0.5) is 0 Å². The van der Waals surface area contributed by atoms with Gasteiger partial charge >= 0.3 is 17.9 Å². The van der Waals surface area contributed by atoms with Crippen LogP contribution in [-0.2, 0) is 28.6 Å². The summed E-state index contributed by atoms with van der Waals surface area (Å²) in [6.07, 6.45) is 0.244. The number of hydrogen-bond acceptors (Lipinski definition) is 6. The average molecular weight is 242 g/mol. The molecule has 1 aliphatic heterocycles. The Kier molecular flexibility index (Phi) is 2.60. The molecule has 0 aromatic carbocycles. The number of carbonyl (C=O) groups excluding carboxylic acids is 3. The van der Waals surface area contributed by atoms with Crippen molar-refractivity contribution >= 4 is 17.9 Å². The fourth-order valence-corrected chi connectivity index (χ4v) is 2.27. The second-order valence-corrected chi connectivity index (χ2v) is 4.17. The van der Waals surface area contributed by atoms with Crippen LogP contribution in [0.3, 0.4) is 0 Å². The molecule has 0 bridgehead atoms. The van der Waals surface area contributed by atoms with Crippen molar-refractivity contribution in [2.45, 2.75) is 32.3 Å². The maximum Gasteiger partial charge on any atom is 0.327 e. The zero-order chi connectivity index (χ0) is 12.7. The first-order valence-electron chi connectivity index (χ1n) is 5.58. The minimum absolute atomic E-state index is 0.0740. The smallest absolute Gasteiger partial charge is 0.327 e. The SMILES string of the molecule is CCOC(=O)C1(C(=O)OCC)CC12CC(=O)O2. The lowest BCUT2D eigenvalue weighted by atomic mass is 9.96. The van der Waals surface area contributed by atoms with Gasteiger partial charge in [0.05, 0.1) is 19.6 Å². The zero-order valence-electron chi connectivity index (χ0n) is 9.78. The van der Waals surface area contributed by atoms with Gasteiger partial charge in [-0.1, -0.05) is 0 Å². The first-order valence-corrected chi connectivity index (χ1v) is 5.58. The summed E-state index contributed by atoms with van der Waals surface area (Å²) in [7, 11) is 0. The Morgan fingerprint density at radius 1 is 1.24 bits per heavy atom. The Bertz CT molecular complexity index is 359. The fourth-order valence-electron chi connectivity index (χ4n) is 2.27. The Morgan fingerprint density at radius 3 is 2.06 bits per heavy atom. The van der Waals surface area contributed by atoms with E-state index in [1.807, 2.05) is 0 Å². The minimum Gasteiger partial charge on any atom is -0.465 e. The van der Waals surface area contributed by atoms with E-state index in [1.165, 1.54) is 0 Å². The van der Waals surface area contributed by atoms with Gasteiger partial charge in [0.1, 0.15) is 0 Å². The fraction of sp³-hybridized carbons (Fsp3) is 0.727. The molecule has 0 radical (unpaired) electrons. The number of ether oxygens (including phenoxy) is 3. The van der Waals surface area contributed by atoms with Crippen LogP contribution >= 0.6 is 0 Å². The van der Waals surface area contributed by atoms with Crippen molar-refractivity contribution in [3.05, 3.63) is 0 Å². The molecule has 1 saturated heterocycles. The van der Waals surface area contributed by atoms with Gasteiger partial charge < -0.3 is 14.2 Å². The van der Waals surface area contributed by atoms with E-state index in [1.54, 1.807) is 13.8 Å². The summed E-state index contributed by atoms with van der Waals surface area (Å²) in [5.74, 6) is -1.72. The van der Waals surface area contributed by atoms with Crippen LogP contribution in [0.1, 0.15) is 26.7 Å². The molecule has 1 atom stereocenters. The van der Waals surface area contributed by atoms with E-state index in [9.17, 15) is 14.4 Å². The molecule has 6 heteroatoms. The molecule has 0 aromatic heterocycles. The van der Waals surface area contributed by atoms with Crippen LogP contribution in [-0.4, -0.2) is 36.7 Å². The summed E-state index contributed by atoms with van der Waals surface area (Å²) in [6.45, 7) is 3.64. The molecule has 2 aliphatic rings. The second-order valence-electron chi connectivity index (χ2n) is 4.17. The molecular weight excluding hydrogens is 228 g/mol. The standard InChI is InChI=1S/C11H14O6/c1-3-15-8(13)11(9(14)16-4-2)6-10(11)5-7(12)17-10/h3-6H2,1-2H3. The molecule has 1 spiro atoms. The highest BCUT2D eigenvalue weighted by Crippen LogP contribution is 2.66. The van der Waals surface area contributed by atoms with Crippen molar-refractivity contribution in [1.29, 1.82) is 0 Å². The van der Waals surface area contributed by atoms with Gasteiger partial charge in [0.25, 0.3) is 0 Å². The van der Waals surface area contributed by atoms with Crippen molar-refractivity contribution < 1.29 is 28.6 Å². The Labute approximate surface area is 98.2 Å². The topological polar surface area (TPSA) is 78.9 Å². The van der Waals surface area contributed by atoms with Gasteiger partial charge in [-0.25, -0.2) is 0 Å². The molecule has 6 nitrogen and oxygen atoms in total. The van der Waals surface area contributed by atoms with Gasteiger partial charge in [-0.05, 0) is 13.8 Å². The highest BCUT2D eigenvalue weighted by atomic mass is 16.6. The molecule has 1 unspecified atom stereocenters. The van der Waals surface area contributed by atoms with Gasteiger partial charge in [-0.2, -0.15) is 0 Å². The summed E-state index contributed by atoms with van der Waals surface area (Å²) in [5, 5.41) is 0. The molecule has 1 aliphatic carbocycles. The molecule has 2 fully saturated rings. The van der Waals surface area contributed by atoms with E-state index >= 15 is 0 Å². The van der Waals surface area contributed by atoms with Crippen LogP contribution in [0.15, 0.2) is 0 Å². The molecule has 0 N–H and O–H groups in total. The van der Waals surface area contributed by atoms with Gasteiger partial charge in [0.15, 0.2) is 5.60 Å². The second kappa shape index (κ2) is 3.72. The maximum absolute atomic E-state index is 11.8. The Morgan fingerprint density at radius 2 is 1.71 bits per heavy atom. The molecular formula is C11H14O6. The number of rotatable bonds is 4. The Hall–Kier alpha value is -1.59. The first-order chi connectivity index (χ1) is 8.02. The summed E-state index contributed by atoms with van der Waals surface area (Å²) in [4.78, 5) is 34.6. The molecule has 0 amide bonds. The Balaban J connectivity index is 2.18. The van der Waals surface area contributed by atoms with Gasteiger partial charge in [0.2, 0.25) is 5.41 Å². The molecule has 94 valence electrons. The van der Waals surface area contributed by atoms with Crippen LogP contribution < -0.4 is 0 Å². The molecule has 1 heterocycles. The largest absolute Gasteiger partial charge is 0.465 e. The zero-order valence-corrected chi connectivity index (χ0v) is 9.78. The number of esters is 3. The van der Waals surface area contributed by atoms with E-state index in [0.717, 1.165) is 0 Å². The first kappa shape index (κ1) is 11.9. The lowest BCUT2D eigenvalue weighted by molar-refractivity contribution is -0.188. The number of hydrogen-bond donors (Lipinski definition) is 0. The summed E-state index contributed by atoms with van der Waals surface area (Å²) < 4.78 is 14.7. The monoisotopic (exact) mass is 242 g/mol. The molecule has 0 aromatic rings. The third-order valence-corrected chi connectivity index (χ3v) is 3.19. The summed E-state index contributed by atoms with van der Waals surface area (Å²) in [6, 6.07) is 0. The molecule has 17 heavy (non-hydrogen) atoms. The third-order valence-electron chi connectivity index (χ3n) is 3.19. The van der Waals surface area contributed by atoms with E-state index in [-0.39, 0.29) is 26.1 Å². The molecule has 2 rings (SSSR count). The van der Waals surface area contributed by atoms with Crippen molar-refractivity contribution in [3.8, 4) is 0 Å². The minimum atomic E-state index is -1.42. The summed E-state index contributed by atoms with van der Waals surface area (Å²) in [5.41, 5.74) is -2.42. The van der Waals surface area contributed by atoms with Crippen LogP contribution in [0.5, 0.6) is 0 Å². The number of carbonyl (C=O) groups is 3. The van der Waals surface area contributed by atoms with Crippen LogP contribution in [0, 0.1) is 5.41 Å². The van der Waals surface area contributed by atoms with Gasteiger partial charge in [-0.3, -0.25) is 14.4 Å². The van der Waals surface area contributed by atoms with E-state index in [2.05, 4.69) is 0 Å². The van der Waals surface area contributed by atoms with E-state index in [4.69, 9.17) is 14.2 Å². The lowest BCUT2D eigenvalue weighted by Crippen LogP contribution is -2.47. The van der Waals surface area contributed by atoms with Crippen molar-refractivity contribution in [1.82, 2.24) is 0 Å². The van der Waals surface area contributed by atoms with Crippen molar-refractivity contribution in [2.75, 3.05) is 13.2 Å². The predicted molar refractivity (Wildman–Crippen MR) is 53.8 cm³/mol.